The Labute approximate surface area is 97.7 Å². The Morgan fingerprint density at radius 2 is 2.19 bits per heavy atom. The maximum absolute atomic E-state index is 9.01. The molecular weight excluding hydrogens is 220 g/mol. The van der Waals surface area contributed by atoms with Gasteiger partial charge in [-0.05, 0) is 12.1 Å². The third-order valence-electron chi connectivity index (χ3n) is 2.14. The van der Waals surface area contributed by atoms with Crippen molar-refractivity contribution in [2.24, 2.45) is 0 Å². The summed E-state index contributed by atoms with van der Waals surface area (Å²) >= 11 is 1.40. The Bertz CT molecular complexity index is 548. The van der Waals surface area contributed by atoms with Crippen molar-refractivity contribution in [3.05, 3.63) is 35.9 Å². The van der Waals surface area contributed by atoms with E-state index in [1.807, 2.05) is 30.3 Å². The molecule has 0 unspecified atom stereocenters. The van der Waals surface area contributed by atoms with Crippen LogP contribution < -0.4 is 0 Å². The molecule has 1 aromatic carbocycles. The maximum Gasteiger partial charge on any atom is 0.115 e. The van der Waals surface area contributed by atoms with Crippen molar-refractivity contribution < 1.29 is 5.11 Å². The topological polar surface area (TPSA) is 56.9 Å². The molecule has 0 amide bonds. The fraction of sp³-hybridized carbons (Fsp3) is 0.167. The normalized spacial score (nSPS) is 10.2. The van der Waals surface area contributed by atoms with Crippen molar-refractivity contribution in [2.45, 2.75) is 5.03 Å². The van der Waals surface area contributed by atoms with E-state index in [1.165, 1.54) is 11.8 Å². The smallest absolute Gasteiger partial charge is 0.115 e. The van der Waals surface area contributed by atoms with Crippen molar-refractivity contribution >= 4 is 22.7 Å². The average Bonchev–Trinajstić information content (AvgIpc) is 2.35. The van der Waals surface area contributed by atoms with Gasteiger partial charge in [-0.25, -0.2) is 4.98 Å². The fourth-order valence-electron chi connectivity index (χ4n) is 1.43. The molecular formula is C12H10N2OS. The van der Waals surface area contributed by atoms with Gasteiger partial charge >= 0.3 is 0 Å². The molecule has 1 heterocycles. The van der Waals surface area contributed by atoms with E-state index in [9.17, 15) is 0 Å². The van der Waals surface area contributed by atoms with Crippen LogP contribution in [0.1, 0.15) is 5.56 Å². The highest BCUT2D eigenvalue weighted by atomic mass is 32.2. The predicted molar refractivity (Wildman–Crippen MR) is 64.3 cm³/mol. The average molecular weight is 230 g/mol. The number of fused-ring (bicyclic) bond motifs is 1. The molecule has 0 aliphatic rings. The summed E-state index contributed by atoms with van der Waals surface area (Å²) in [5, 5.41) is 19.4. The van der Waals surface area contributed by atoms with Crippen molar-refractivity contribution in [2.75, 3.05) is 12.4 Å². The minimum Gasteiger partial charge on any atom is -0.396 e. The monoisotopic (exact) mass is 230 g/mol. The molecule has 80 valence electrons. The number of hydrogen-bond acceptors (Lipinski definition) is 4. The van der Waals surface area contributed by atoms with E-state index in [4.69, 9.17) is 10.4 Å². The number of para-hydroxylation sites is 1. The lowest BCUT2D eigenvalue weighted by Gasteiger charge is -2.04. The van der Waals surface area contributed by atoms with Gasteiger partial charge in [0.1, 0.15) is 11.1 Å². The first kappa shape index (κ1) is 10.9. The largest absolute Gasteiger partial charge is 0.396 e. The van der Waals surface area contributed by atoms with Crippen LogP contribution in [0.3, 0.4) is 0 Å². The van der Waals surface area contributed by atoms with Crippen molar-refractivity contribution in [3.63, 3.8) is 0 Å². The van der Waals surface area contributed by atoms with Crippen molar-refractivity contribution in [3.8, 4) is 6.07 Å². The van der Waals surface area contributed by atoms with E-state index in [0.29, 0.717) is 16.3 Å². The number of aliphatic hydroxyl groups excluding tert-OH is 1. The van der Waals surface area contributed by atoms with Crippen LogP contribution in [0.2, 0.25) is 0 Å². The molecule has 0 radical (unpaired) electrons. The molecule has 0 aliphatic heterocycles. The maximum atomic E-state index is 9.01. The van der Waals surface area contributed by atoms with Gasteiger partial charge < -0.3 is 5.11 Å². The lowest BCUT2D eigenvalue weighted by atomic mass is 10.2. The van der Waals surface area contributed by atoms with Gasteiger partial charge in [0.05, 0.1) is 17.7 Å². The highest BCUT2D eigenvalue weighted by Gasteiger charge is 2.06. The van der Waals surface area contributed by atoms with Gasteiger partial charge in [-0.3, -0.25) is 0 Å². The number of nitrogens with zero attached hydrogens (tertiary/aromatic N) is 2. The zero-order chi connectivity index (χ0) is 11.4. The van der Waals surface area contributed by atoms with Gasteiger partial charge in [-0.15, -0.1) is 11.8 Å². The molecule has 0 aliphatic carbocycles. The Kier molecular flexibility index (Phi) is 3.40. The van der Waals surface area contributed by atoms with Crippen LogP contribution in [0.4, 0.5) is 0 Å². The van der Waals surface area contributed by atoms with Gasteiger partial charge in [0, 0.05) is 11.1 Å². The summed E-state index contributed by atoms with van der Waals surface area (Å²) in [5.74, 6) is 0.556. The Morgan fingerprint density at radius 1 is 1.38 bits per heavy atom. The van der Waals surface area contributed by atoms with Gasteiger partial charge in [0.25, 0.3) is 0 Å². The first-order chi connectivity index (χ1) is 7.85. The van der Waals surface area contributed by atoms with Gasteiger partial charge in [0.2, 0.25) is 0 Å². The number of pyridine rings is 1. The zero-order valence-electron chi connectivity index (χ0n) is 8.55. The minimum absolute atomic E-state index is 0.0873. The summed E-state index contributed by atoms with van der Waals surface area (Å²) in [6.07, 6.45) is 0. The highest BCUT2D eigenvalue weighted by molar-refractivity contribution is 7.99. The van der Waals surface area contributed by atoms with Crippen LogP contribution >= 0.6 is 11.8 Å². The van der Waals surface area contributed by atoms with Crippen LogP contribution in [0, 0.1) is 11.3 Å². The van der Waals surface area contributed by atoms with Crippen molar-refractivity contribution in [1.82, 2.24) is 4.98 Å². The van der Waals surface area contributed by atoms with E-state index in [2.05, 4.69) is 11.1 Å². The number of aromatic nitrogens is 1. The molecule has 0 saturated carbocycles. The molecule has 0 atom stereocenters. The number of aliphatic hydroxyl groups is 1. The molecule has 0 saturated heterocycles. The van der Waals surface area contributed by atoms with Gasteiger partial charge in [0.15, 0.2) is 0 Å². The molecule has 1 aromatic heterocycles. The fourth-order valence-corrected chi connectivity index (χ4v) is 2.14. The summed E-state index contributed by atoms with van der Waals surface area (Å²) in [4.78, 5) is 4.41. The number of hydrogen-bond donors (Lipinski definition) is 1. The first-order valence-corrected chi connectivity index (χ1v) is 5.87. The second kappa shape index (κ2) is 4.97. The third-order valence-corrected chi connectivity index (χ3v) is 3.11. The molecule has 0 spiro atoms. The quantitative estimate of drug-likeness (QED) is 0.821. The summed E-state index contributed by atoms with van der Waals surface area (Å²) in [5.41, 5.74) is 1.44. The minimum atomic E-state index is 0.0873. The Morgan fingerprint density at radius 3 is 2.94 bits per heavy atom. The SMILES string of the molecule is N#Cc1cc2ccccc2nc1SCCO. The van der Waals surface area contributed by atoms with E-state index in [-0.39, 0.29) is 6.61 Å². The van der Waals surface area contributed by atoms with E-state index in [0.717, 1.165) is 10.9 Å². The molecule has 3 nitrogen and oxygen atoms in total. The second-order valence-electron chi connectivity index (χ2n) is 3.22. The summed E-state index contributed by atoms with van der Waals surface area (Å²) in [7, 11) is 0. The molecule has 4 heteroatoms. The van der Waals surface area contributed by atoms with Crippen LogP contribution in [-0.4, -0.2) is 22.5 Å². The van der Waals surface area contributed by atoms with Crippen LogP contribution in [0.15, 0.2) is 35.4 Å². The van der Waals surface area contributed by atoms with Crippen LogP contribution in [-0.2, 0) is 0 Å². The van der Waals surface area contributed by atoms with Crippen LogP contribution in [0.25, 0.3) is 10.9 Å². The molecule has 0 fully saturated rings. The van der Waals surface area contributed by atoms with Gasteiger partial charge in [-0.1, -0.05) is 18.2 Å². The second-order valence-corrected chi connectivity index (χ2v) is 4.30. The lowest BCUT2D eigenvalue weighted by Crippen LogP contribution is -1.92. The summed E-state index contributed by atoms with van der Waals surface area (Å²) < 4.78 is 0. The Hall–Kier alpha value is -1.57. The van der Waals surface area contributed by atoms with Crippen molar-refractivity contribution in [1.29, 1.82) is 5.26 Å². The number of rotatable bonds is 3. The number of benzene rings is 1. The van der Waals surface area contributed by atoms with E-state index in [1.54, 1.807) is 0 Å². The standard InChI is InChI=1S/C12H10N2OS/c13-8-10-7-9-3-1-2-4-11(9)14-12(10)16-6-5-15/h1-4,7,15H,5-6H2. The number of thioether (sulfide) groups is 1. The highest BCUT2D eigenvalue weighted by Crippen LogP contribution is 2.23. The predicted octanol–water partition coefficient (Wildman–Crippen LogP) is 2.19. The van der Waals surface area contributed by atoms with Crippen LogP contribution in [0.5, 0.6) is 0 Å². The molecule has 2 aromatic rings. The first-order valence-electron chi connectivity index (χ1n) is 4.88. The molecule has 16 heavy (non-hydrogen) atoms. The molecule has 1 N–H and O–H groups in total. The molecule has 0 bridgehead atoms. The Balaban J connectivity index is 2.50. The van der Waals surface area contributed by atoms with Gasteiger partial charge in [-0.2, -0.15) is 5.26 Å². The number of nitriles is 1. The van der Waals surface area contributed by atoms with E-state index < -0.39 is 0 Å². The summed E-state index contributed by atoms with van der Waals surface area (Å²) in [6, 6.07) is 11.7. The van der Waals surface area contributed by atoms with E-state index >= 15 is 0 Å². The lowest BCUT2D eigenvalue weighted by molar-refractivity contribution is 0.322. The third kappa shape index (κ3) is 2.16. The zero-order valence-corrected chi connectivity index (χ0v) is 9.37. The molecule has 2 rings (SSSR count). The summed E-state index contributed by atoms with van der Waals surface area (Å²) in [6.45, 7) is 0.0873.